The number of benzene rings is 2. The molecule has 0 amide bonds. The highest BCUT2D eigenvalue weighted by molar-refractivity contribution is 7.13. The van der Waals surface area contributed by atoms with Gasteiger partial charge in [0, 0.05) is 11.1 Å². The fraction of sp³-hybridized carbons (Fsp3) is 0.0909. The first-order valence-corrected chi connectivity index (χ1v) is 8.91. The number of halogens is 6. The van der Waals surface area contributed by atoms with Gasteiger partial charge >= 0.3 is 12.4 Å². The van der Waals surface area contributed by atoms with Crippen LogP contribution in [0.3, 0.4) is 0 Å². The molecule has 1 heterocycles. The maximum Gasteiger partial charge on any atom is 0.416 e. The van der Waals surface area contributed by atoms with Crippen LogP contribution < -0.4 is 0 Å². The second kappa shape index (κ2) is 8.06. The summed E-state index contributed by atoms with van der Waals surface area (Å²) in [7, 11) is 0. The first kappa shape index (κ1) is 20.6. The SMILES string of the molecule is FC(F)(F)c1ccc(C#Cc2ccc(C#Cc3ccc(C(F)(F)F)cc3)s2)cc1. The maximum absolute atomic E-state index is 12.5. The standard InChI is InChI=1S/C22H10F6S/c23-21(24,25)17-7-1-15(2-8-17)5-11-19-13-14-20(29-19)12-6-16-3-9-18(10-4-16)22(26,27)28/h1-4,7-10,13-14H. The molecule has 0 aliphatic heterocycles. The molecule has 1 aromatic heterocycles. The van der Waals surface area contributed by atoms with E-state index in [1.807, 2.05) is 0 Å². The summed E-state index contributed by atoms with van der Waals surface area (Å²) < 4.78 is 75.3. The van der Waals surface area contributed by atoms with Crippen LogP contribution in [-0.4, -0.2) is 0 Å². The minimum atomic E-state index is -4.39. The molecular weight excluding hydrogens is 410 g/mol. The van der Waals surface area contributed by atoms with Crippen molar-refractivity contribution in [1.29, 1.82) is 0 Å². The molecule has 3 aromatic rings. The molecule has 29 heavy (non-hydrogen) atoms. The average molecular weight is 420 g/mol. The number of thiophene rings is 1. The highest BCUT2D eigenvalue weighted by Crippen LogP contribution is 2.29. The van der Waals surface area contributed by atoms with E-state index in [0.717, 1.165) is 24.3 Å². The summed E-state index contributed by atoms with van der Waals surface area (Å²) >= 11 is 1.28. The second-order valence-corrected chi connectivity index (χ2v) is 6.90. The first-order valence-electron chi connectivity index (χ1n) is 8.10. The van der Waals surface area contributed by atoms with Gasteiger partial charge in [0.15, 0.2) is 0 Å². The monoisotopic (exact) mass is 420 g/mol. The smallest absolute Gasteiger partial charge is 0.166 e. The molecule has 0 atom stereocenters. The van der Waals surface area contributed by atoms with Crippen LogP contribution in [0.4, 0.5) is 26.3 Å². The Kier molecular flexibility index (Phi) is 5.72. The van der Waals surface area contributed by atoms with Gasteiger partial charge in [-0.1, -0.05) is 23.7 Å². The van der Waals surface area contributed by atoms with Crippen LogP contribution in [0.5, 0.6) is 0 Å². The second-order valence-electron chi connectivity index (χ2n) is 5.81. The molecule has 0 spiro atoms. The van der Waals surface area contributed by atoms with Crippen LogP contribution in [0.15, 0.2) is 60.7 Å². The topological polar surface area (TPSA) is 0 Å². The van der Waals surface area contributed by atoms with Crippen LogP contribution >= 0.6 is 11.3 Å². The van der Waals surface area contributed by atoms with E-state index in [4.69, 9.17) is 0 Å². The molecule has 0 nitrogen and oxygen atoms in total. The lowest BCUT2D eigenvalue weighted by Gasteiger charge is -2.05. The van der Waals surface area contributed by atoms with Crippen molar-refractivity contribution >= 4 is 11.3 Å². The highest BCUT2D eigenvalue weighted by Gasteiger charge is 2.30. The Hall–Kier alpha value is -3.16. The molecule has 0 radical (unpaired) electrons. The van der Waals surface area contributed by atoms with Crippen LogP contribution in [0.1, 0.15) is 32.0 Å². The molecule has 0 fully saturated rings. The van der Waals surface area contributed by atoms with Gasteiger partial charge in [-0.2, -0.15) is 26.3 Å². The predicted octanol–water partition coefficient (Wildman–Crippen LogP) is 6.59. The summed E-state index contributed by atoms with van der Waals surface area (Å²) in [6.45, 7) is 0. The van der Waals surface area contributed by atoms with Gasteiger partial charge < -0.3 is 0 Å². The van der Waals surface area contributed by atoms with Gasteiger partial charge in [0.05, 0.1) is 20.9 Å². The molecule has 146 valence electrons. The van der Waals surface area contributed by atoms with Gasteiger partial charge in [-0.25, -0.2) is 0 Å². The molecule has 2 aromatic carbocycles. The minimum Gasteiger partial charge on any atom is -0.166 e. The minimum absolute atomic E-state index is 0.448. The van der Waals surface area contributed by atoms with Crippen LogP contribution in [0.2, 0.25) is 0 Å². The number of hydrogen-bond acceptors (Lipinski definition) is 1. The van der Waals surface area contributed by atoms with Crippen molar-refractivity contribution in [3.63, 3.8) is 0 Å². The zero-order chi connectivity index (χ0) is 21.1. The quantitative estimate of drug-likeness (QED) is 0.285. The van der Waals surface area contributed by atoms with Crippen LogP contribution in [0, 0.1) is 23.7 Å². The molecule has 0 N–H and O–H groups in total. The van der Waals surface area contributed by atoms with Gasteiger partial charge in [0.25, 0.3) is 0 Å². The molecule has 0 saturated carbocycles. The zero-order valence-corrected chi connectivity index (χ0v) is 15.3. The van der Waals surface area contributed by atoms with E-state index < -0.39 is 23.5 Å². The van der Waals surface area contributed by atoms with Crippen molar-refractivity contribution < 1.29 is 26.3 Å². The summed E-state index contributed by atoms with van der Waals surface area (Å²) in [4.78, 5) is 1.34. The van der Waals surface area contributed by atoms with Gasteiger partial charge in [0.1, 0.15) is 0 Å². The fourth-order valence-corrected chi connectivity index (χ4v) is 2.94. The predicted molar refractivity (Wildman–Crippen MR) is 99.2 cm³/mol. The largest absolute Gasteiger partial charge is 0.416 e. The molecule has 0 saturated heterocycles. The Labute approximate surface area is 166 Å². The van der Waals surface area contributed by atoms with E-state index in [1.54, 1.807) is 12.1 Å². The Bertz CT molecular complexity index is 1020. The third kappa shape index (κ3) is 5.66. The van der Waals surface area contributed by atoms with E-state index >= 15 is 0 Å². The molecule has 0 unspecified atom stereocenters. The third-order valence-corrected chi connectivity index (χ3v) is 4.61. The van der Waals surface area contributed by atoms with Gasteiger partial charge in [-0.05, 0) is 60.7 Å². The third-order valence-electron chi connectivity index (χ3n) is 3.69. The Morgan fingerprint density at radius 2 is 0.828 bits per heavy atom. The van der Waals surface area contributed by atoms with E-state index in [2.05, 4.69) is 23.7 Å². The van der Waals surface area contributed by atoms with E-state index in [0.29, 0.717) is 20.9 Å². The van der Waals surface area contributed by atoms with Gasteiger partial charge in [0.2, 0.25) is 0 Å². The van der Waals surface area contributed by atoms with Crippen molar-refractivity contribution in [3.05, 3.63) is 92.7 Å². The molecule has 7 heteroatoms. The molecule has 0 aliphatic carbocycles. The van der Waals surface area contributed by atoms with Crippen molar-refractivity contribution in [1.82, 2.24) is 0 Å². The maximum atomic E-state index is 12.5. The first-order chi connectivity index (χ1) is 13.6. The fourth-order valence-electron chi connectivity index (χ4n) is 2.22. The summed E-state index contributed by atoms with van der Waals surface area (Å²) in [6.07, 6.45) is -8.78. The summed E-state index contributed by atoms with van der Waals surface area (Å²) in [5.74, 6) is 11.3. The van der Waals surface area contributed by atoms with Gasteiger partial charge in [-0.15, -0.1) is 11.3 Å². The number of rotatable bonds is 0. The van der Waals surface area contributed by atoms with Gasteiger partial charge in [-0.3, -0.25) is 0 Å². The lowest BCUT2D eigenvalue weighted by atomic mass is 10.1. The number of hydrogen-bond donors (Lipinski definition) is 0. The van der Waals surface area contributed by atoms with E-state index in [9.17, 15) is 26.3 Å². The lowest BCUT2D eigenvalue weighted by molar-refractivity contribution is -0.138. The summed E-state index contributed by atoms with van der Waals surface area (Å²) in [6, 6.07) is 12.5. The Morgan fingerprint density at radius 1 is 0.483 bits per heavy atom. The van der Waals surface area contributed by atoms with E-state index in [1.165, 1.54) is 35.6 Å². The zero-order valence-electron chi connectivity index (χ0n) is 14.4. The highest BCUT2D eigenvalue weighted by atomic mass is 32.1. The van der Waals surface area contributed by atoms with Crippen LogP contribution in [-0.2, 0) is 12.4 Å². The summed E-state index contributed by atoms with van der Waals surface area (Å²) in [5, 5.41) is 0. The Balaban J connectivity index is 1.70. The molecule has 0 bridgehead atoms. The van der Waals surface area contributed by atoms with Crippen molar-refractivity contribution in [2.24, 2.45) is 0 Å². The Morgan fingerprint density at radius 3 is 1.14 bits per heavy atom. The van der Waals surface area contributed by atoms with Crippen molar-refractivity contribution in [2.45, 2.75) is 12.4 Å². The molecule has 0 aliphatic rings. The molecular formula is C22H10F6S. The lowest BCUT2D eigenvalue weighted by Crippen LogP contribution is -2.04. The average Bonchev–Trinajstić information content (AvgIpc) is 3.12. The van der Waals surface area contributed by atoms with Crippen LogP contribution in [0.25, 0.3) is 0 Å². The van der Waals surface area contributed by atoms with Crippen molar-refractivity contribution in [3.8, 4) is 23.7 Å². The number of alkyl halides is 6. The van der Waals surface area contributed by atoms with Crippen molar-refractivity contribution in [2.75, 3.05) is 0 Å². The van der Waals surface area contributed by atoms with E-state index in [-0.39, 0.29) is 0 Å². The molecule has 3 rings (SSSR count). The normalized spacial score (nSPS) is 11.2. The summed E-state index contributed by atoms with van der Waals surface area (Å²) in [5.41, 5.74) is -0.576.